The van der Waals surface area contributed by atoms with Gasteiger partial charge in [-0.1, -0.05) is 43.3 Å². The molecule has 0 aliphatic carbocycles. The van der Waals surface area contributed by atoms with Crippen molar-refractivity contribution in [3.05, 3.63) is 101 Å². The number of Topliss-reactive ketones (excluding diaryl/α,β-unsaturated/α-hetero) is 1. The zero-order valence-corrected chi connectivity index (χ0v) is 19.8. The van der Waals surface area contributed by atoms with Crippen LogP contribution >= 0.6 is 0 Å². The molecule has 1 atom stereocenters. The number of hydrogen-bond acceptors (Lipinski definition) is 5. The smallest absolute Gasteiger partial charge is 0.416 e. The molecule has 2 N–H and O–H groups in total. The van der Waals surface area contributed by atoms with Gasteiger partial charge < -0.3 is 19.8 Å². The molecular weight excluding hydrogens is 487 g/mol. The van der Waals surface area contributed by atoms with Crippen LogP contribution < -0.4 is 4.74 Å². The number of rotatable bonds is 7. The molecule has 1 heterocycles. The van der Waals surface area contributed by atoms with Gasteiger partial charge in [0.2, 0.25) is 0 Å². The average Bonchev–Trinajstić information content (AvgIpc) is 3.12. The first-order valence-corrected chi connectivity index (χ1v) is 11.6. The van der Waals surface area contributed by atoms with Crippen molar-refractivity contribution >= 4 is 17.4 Å². The van der Waals surface area contributed by atoms with Gasteiger partial charge in [-0.05, 0) is 53.9 Å². The number of phenols is 1. The Balaban J connectivity index is 1.81. The maximum atomic E-state index is 13.3. The van der Waals surface area contributed by atoms with Crippen molar-refractivity contribution in [3.63, 3.8) is 0 Å². The van der Waals surface area contributed by atoms with Gasteiger partial charge in [0, 0.05) is 12.1 Å². The second-order valence-electron chi connectivity index (χ2n) is 8.59. The minimum atomic E-state index is -4.58. The number of ether oxygens (including phenoxy) is 1. The Labute approximate surface area is 211 Å². The van der Waals surface area contributed by atoms with E-state index in [4.69, 9.17) is 4.74 Å². The van der Waals surface area contributed by atoms with Gasteiger partial charge in [0.15, 0.2) is 0 Å². The highest BCUT2D eigenvalue weighted by molar-refractivity contribution is 6.46. The van der Waals surface area contributed by atoms with E-state index in [-0.39, 0.29) is 29.0 Å². The molecule has 1 fully saturated rings. The van der Waals surface area contributed by atoms with Crippen molar-refractivity contribution in [2.45, 2.75) is 32.1 Å². The number of phenolic OH excluding ortho intramolecular Hbond substituents is 1. The van der Waals surface area contributed by atoms with E-state index in [0.29, 0.717) is 17.9 Å². The predicted molar refractivity (Wildman–Crippen MR) is 130 cm³/mol. The lowest BCUT2D eigenvalue weighted by atomic mass is 9.95. The molecule has 1 saturated heterocycles. The van der Waals surface area contributed by atoms with Crippen LogP contribution in [0.25, 0.3) is 5.76 Å². The highest BCUT2D eigenvalue weighted by Gasteiger charge is 2.46. The molecule has 3 aromatic carbocycles. The van der Waals surface area contributed by atoms with Crippen molar-refractivity contribution in [2.24, 2.45) is 0 Å². The summed E-state index contributed by atoms with van der Waals surface area (Å²) in [6.07, 6.45) is -3.82. The van der Waals surface area contributed by atoms with E-state index in [1.807, 2.05) is 6.92 Å². The SMILES string of the molecule is CCCOc1cccc(/C(O)=C2\C(=O)C(=O)N(Cc3cccc(C(F)(F)F)c3)C2c2ccc(O)cc2)c1. The molecule has 1 aliphatic rings. The van der Waals surface area contributed by atoms with Crippen LogP contribution in [-0.2, 0) is 22.3 Å². The Morgan fingerprint density at radius 1 is 1.00 bits per heavy atom. The number of amides is 1. The van der Waals surface area contributed by atoms with E-state index in [9.17, 15) is 33.0 Å². The molecule has 192 valence electrons. The molecule has 1 amide bonds. The van der Waals surface area contributed by atoms with Crippen LogP contribution in [0.4, 0.5) is 13.2 Å². The van der Waals surface area contributed by atoms with Gasteiger partial charge in [0.1, 0.15) is 17.3 Å². The largest absolute Gasteiger partial charge is 0.508 e. The van der Waals surface area contributed by atoms with E-state index < -0.39 is 35.2 Å². The maximum Gasteiger partial charge on any atom is 0.416 e. The summed E-state index contributed by atoms with van der Waals surface area (Å²) >= 11 is 0. The van der Waals surface area contributed by atoms with Gasteiger partial charge in [-0.3, -0.25) is 9.59 Å². The third kappa shape index (κ3) is 5.45. The zero-order chi connectivity index (χ0) is 26.7. The highest BCUT2D eigenvalue weighted by atomic mass is 19.4. The molecule has 0 radical (unpaired) electrons. The lowest BCUT2D eigenvalue weighted by Crippen LogP contribution is -2.29. The number of aromatic hydroxyl groups is 1. The normalized spacial score (nSPS) is 17.3. The van der Waals surface area contributed by atoms with Crippen LogP contribution in [0.15, 0.2) is 78.4 Å². The van der Waals surface area contributed by atoms with E-state index in [2.05, 4.69) is 0 Å². The molecule has 0 aromatic heterocycles. The molecule has 0 saturated carbocycles. The number of alkyl halides is 3. The van der Waals surface area contributed by atoms with E-state index >= 15 is 0 Å². The van der Waals surface area contributed by atoms with Crippen LogP contribution in [0.2, 0.25) is 0 Å². The summed E-state index contributed by atoms with van der Waals surface area (Å²) in [4.78, 5) is 27.4. The Morgan fingerprint density at radius 3 is 2.38 bits per heavy atom. The molecule has 3 aromatic rings. The Bertz CT molecular complexity index is 1350. The minimum Gasteiger partial charge on any atom is -0.508 e. The Hall–Kier alpha value is -4.27. The third-order valence-corrected chi connectivity index (χ3v) is 5.94. The van der Waals surface area contributed by atoms with Crippen LogP contribution in [-0.4, -0.2) is 33.4 Å². The first-order valence-electron chi connectivity index (χ1n) is 11.6. The van der Waals surface area contributed by atoms with Gasteiger partial charge in [-0.2, -0.15) is 13.2 Å². The van der Waals surface area contributed by atoms with Crippen molar-refractivity contribution in [1.82, 2.24) is 4.90 Å². The molecule has 0 spiro atoms. The van der Waals surface area contributed by atoms with Crippen LogP contribution in [0.1, 0.15) is 41.6 Å². The summed E-state index contributed by atoms with van der Waals surface area (Å²) in [5.74, 6) is -1.97. The second kappa shape index (κ2) is 10.4. The Kier molecular flexibility index (Phi) is 7.24. The second-order valence-corrected chi connectivity index (χ2v) is 8.59. The molecule has 1 aliphatic heterocycles. The zero-order valence-electron chi connectivity index (χ0n) is 19.8. The van der Waals surface area contributed by atoms with Crippen LogP contribution in [0, 0.1) is 0 Å². The number of likely N-dealkylation sites (tertiary alicyclic amines) is 1. The maximum absolute atomic E-state index is 13.3. The number of aliphatic hydroxyl groups is 1. The van der Waals surface area contributed by atoms with Gasteiger partial charge >= 0.3 is 6.18 Å². The summed E-state index contributed by atoms with van der Waals surface area (Å²) in [5, 5.41) is 20.9. The number of benzene rings is 3. The molecular formula is C28H24F3NO5. The number of hydrogen-bond donors (Lipinski definition) is 2. The summed E-state index contributed by atoms with van der Waals surface area (Å²) in [6, 6.07) is 15.5. The molecule has 6 nitrogen and oxygen atoms in total. The number of carbonyl (C=O) groups excluding carboxylic acids is 2. The van der Waals surface area contributed by atoms with Crippen LogP contribution in [0.3, 0.4) is 0 Å². The van der Waals surface area contributed by atoms with Crippen molar-refractivity contribution in [2.75, 3.05) is 6.61 Å². The lowest BCUT2D eigenvalue weighted by molar-refractivity contribution is -0.140. The number of ketones is 1. The lowest BCUT2D eigenvalue weighted by Gasteiger charge is -2.26. The number of aliphatic hydroxyl groups excluding tert-OH is 1. The summed E-state index contributed by atoms with van der Waals surface area (Å²) < 4.78 is 45.4. The fourth-order valence-corrected chi connectivity index (χ4v) is 4.20. The molecule has 0 bridgehead atoms. The van der Waals surface area contributed by atoms with Gasteiger partial charge in [0.05, 0.1) is 23.8 Å². The first kappa shape index (κ1) is 25.8. The fourth-order valence-electron chi connectivity index (χ4n) is 4.20. The van der Waals surface area contributed by atoms with E-state index in [0.717, 1.165) is 23.5 Å². The summed E-state index contributed by atoms with van der Waals surface area (Å²) in [5.41, 5.74) is -0.296. The fraction of sp³-hybridized carbons (Fsp3) is 0.214. The van der Waals surface area contributed by atoms with Crippen molar-refractivity contribution < 1.29 is 37.7 Å². The minimum absolute atomic E-state index is 0.0562. The summed E-state index contributed by atoms with van der Waals surface area (Å²) in [7, 11) is 0. The number of nitrogens with zero attached hydrogens (tertiary/aromatic N) is 1. The molecule has 9 heteroatoms. The molecule has 1 unspecified atom stereocenters. The monoisotopic (exact) mass is 511 g/mol. The predicted octanol–water partition coefficient (Wildman–Crippen LogP) is 5.82. The number of carbonyl (C=O) groups is 2. The third-order valence-electron chi connectivity index (χ3n) is 5.94. The summed E-state index contributed by atoms with van der Waals surface area (Å²) in [6.45, 7) is 2.07. The number of halogens is 3. The van der Waals surface area contributed by atoms with Crippen LogP contribution in [0.5, 0.6) is 11.5 Å². The van der Waals surface area contributed by atoms with Gasteiger partial charge in [-0.25, -0.2) is 0 Å². The molecule has 37 heavy (non-hydrogen) atoms. The Morgan fingerprint density at radius 2 is 1.70 bits per heavy atom. The van der Waals surface area contributed by atoms with E-state index in [1.54, 1.807) is 24.3 Å². The molecule has 4 rings (SSSR count). The van der Waals surface area contributed by atoms with Gasteiger partial charge in [0.25, 0.3) is 11.7 Å². The van der Waals surface area contributed by atoms with E-state index in [1.165, 1.54) is 36.4 Å². The average molecular weight is 511 g/mol. The van der Waals surface area contributed by atoms with Crippen molar-refractivity contribution in [3.8, 4) is 11.5 Å². The quantitative estimate of drug-likeness (QED) is 0.237. The standard InChI is InChI=1S/C28H24F3NO5/c1-2-13-37-22-8-4-6-19(15-22)25(34)23-24(18-9-11-21(33)12-10-18)32(27(36)26(23)35)16-17-5-3-7-20(14-17)28(29,30)31/h3-12,14-15,24,33-34H,2,13,16H2,1H3/b25-23+. The van der Waals surface area contributed by atoms with Crippen molar-refractivity contribution in [1.29, 1.82) is 0 Å². The topological polar surface area (TPSA) is 87.1 Å². The highest BCUT2D eigenvalue weighted by Crippen LogP contribution is 2.41. The first-order chi connectivity index (χ1) is 17.6. The van der Waals surface area contributed by atoms with Gasteiger partial charge in [-0.15, -0.1) is 0 Å².